The Morgan fingerprint density at radius 2 is 1.89 bits per heavy atom. The molecule has 1 atom stereocenters. The number of hydrogen-bond donors (Lipinski definition) is 2. The minimum atomic E-state index is 0.738. The summed E-state index contributed by atoms with van der Waals surface area (Å²) in [5.74, 6) is 1.63. The van der Waals surface area contributed by atoms with E-state index in [-0.39, 0.29) is 0 Å². The van der Waals surface area contributed by atoms with Crippen molar-refractivity contribution in [3.05, 3.63) is 35.4 Å². The summed E-state index contributed by atoms with van der Waals surface area (Å²) in [7, 11) is 0. The van der Waals surface area contributed by atoms with E-state index in [1.54, 1.807) is 11.1 Å². The monoisotopic (exact) mass is 258 g/mol. The Kier molecular flexibility index (Phi) is 4.52. The second-order valence-electron chi connectivity index (χ2n) is 6.19. The van der Waals surface area contributed by atoms with E-state index in [9.17, 15) is 0 Å². The lowest BCUT2D eigenvalue weighted by atomic mass is 9.87. The summed E-state index contributed by atoms with van der Waals surface area (Å²) in [6, 6.07) is 9.38. The maximum Gasteiger partial charge on any atom is 0.00201 e. The Hall–Kier alpha value is -0.860. The smallest absolute Gasteiger partial charge is 0.00201 e. The second-order valence-corrected chi connectivity index (χ2v) is 6.19. The molecular weight excluding hydrogens is 232 g/mol. The van der Waals surface area contributed by atoms with Crippen molar-refractivity contribution in [1.29, 1.82) is 0 Å². The number of benzene rings is 1. The fourth-order valence-electron chi connectivity index (χ4n) is 3.53. The van der Waals surface area contributed by atoms with Crippen LogP contribution in [0.4, 0.5) is 0 Å². The average Bonchev–Trinajstić information content (AvgIpc) is 2.49. The zero-order valence-corrected chi connectivity index (χ0v) is 11.8. The quantitative estimate of drug-likeness (QED) is 0.871. The van der Waals surface area contributed by atoms with Crippen molar-refractivity contribution in [3.8, 4) is 0 Å². The highest BCUT2D eigenvalue weighted by Crippen LogP contribution is 2.25. The van der Waals surface area contributed by atoms with Crippen molar-refractivity contribution < 1.29 is 0 Å². The Bertz CT molecular complexity index is 390. The Morgan fingerprint density at radius 1 is 1.00 bits per heavy atom. The highest BCUT2D eigenvalue weighted by atomic mass is 14.9. The van der Waals surface area contributed by atoms with Gasteiger partial charge in [0.2, 0.25) is 0 Å². The highest BCUT2D eigenvalue weighted by molar-refractivity contribution is 5.27. The average molecular weight is 258 g/mol. The molecule has 3 rings (SSSR count). The van der Waals surface area contributed by atoms with Crippen molar-refractivity contribution >= 4 is 0 Å². The van der Waals surface area contributed by atoms with Gasteiger partial charge >= 0.3 is 0 Å². The Balaban J connectivity index is 1.64. The van der Waals surface area contributed by atoms with Crippen molar-refractivity contribution in [1.82, 2.24) is 10.6 Å². The van der Waals surface area contributed by atoms with Gasteiger partial charge < -0.3 is 10.6 Å². The fraction of sp³-hybridized carbons (Fsp3) is 0.647. The third kappa shape index (κ3) is 3.58. The first-order chi connectivity index (χ1) is 9.42. The first-order valence-corrected chi connectivity index (χ1v) is 7.92. The van der Waals surface area contributed by atoms with Crippen LogP contribution in [0.25, 0.3) is 0 Å². The lowest BCUT2D eigenvalue weighted by Crippen LogP contribution is -2.29. The molecule has 1 aromatic carbocycles. The minimum Gasteiger partial charge on any atom is -0.317 e. The van der Waals surface area contributed by atoms with Gasteiger partial charge in [-0.25, -0.2) is 0 Å². The molecule has 2 nitrogen and oxygen atoms in total. The fourth-order valence-corrected chi connectivity index (χ4v) is 3.53. The van der Waals surface area contributed by atoms with Gasteiger partial charge in [0.25, 0.3) is 0 Å². The van der Waals surface area contributed by atoms with Crippen molar-refractivity contribution in [2.75, 3.05) is 26.2 Å². The van der Waals surface area contributed by atoms with Gasteiger partial charge in [0, 0.05) is 6.54 Å². The molecule has 2 aliphatic rings. The lowest BCUT2D eigenvalue weighted by molar-refractivity contribution is 0.372. The molecular formula is C17H26N2. The topological polar surface area (TPSA) is 24.1 Å². The van der Waals surface area contributed by atoms with E-state index in [0.717, 1.165) is 18.4 Å². The first kappa shape index (κ1) is 13.1. The summed E-state index contributed by atoms with van der Waals surface area (Å²) in [6.45, 7) is 4.77. The van der Waals surface area contributed by atoms with Crippen LogP contribution < -0.4 is 10.6 Å². The Labute approximate surface area is 117 Å². The van der Waals surface area contributed by atoms with E-state index in [1.165, 1.54) is 51.7 Å². The van der Waals surface area contributed by atoms with Gasteiger partial charge in [-0.3, -0.25) is 0 Å². The molecule has 0 radical (unpaired) electrons. The van der Waals surface area contributed by atoms with Gasteiger partial charge in [0.15, 0.2) is 0 Å². The molecule has 2 heterocycles. The number of nitrogens with one attached hydrogen (secondary N) is 2. The van der Waals surface area contributed by atoms with Crippen molar-refractivity contribution in [3.63, 3.8) is 0 Å². The zero-order chi connectivity index (χ0) is 12.9. The predicted octanol–water partition coefficient (Wildman–Crippen LogP) is 2.70. The standard InChI is InChI=1S/C17H26N2/c1-3-15(11-14-6-9-18-10-7-14)12-16(4-1)17-5-2-8-19-13-17/h1,3-4,12,14,17-19H,2,5-11,13H2. The first-order valence-electron chi connectivity index (χ1n) is 7.92. The normalized spacial score (nSPS) is 25.4. The maximum absolute atomic E-state index is 3.53. The molecule has 2 heteroatoms. The summed E-state index contributed by atoms with van der Waals surface area (Å²) in [5.41, 5.74) is 3.11. The molecule has 2 fully saturated rings. The molecule has 0 saturated carbocycles. The van der Waals surface area contributed by atoms with Crippen molar-refractivity contribution in [2.45, 2.75) is 38.0 Å². The van der Waals surface area contributed by atoms with E-state index in [1.807, 2.05) is 0 Å². The van der Waals surface area contributed by atoms with Gasteiger partial charge in [-0.2, -0.15) is 0 Å². The molecule has 104 valence electrons. The molecule has 0 bridgehead atoms. The van der Waals surface area contributed by atoms with Gasteiger partial charge in [-0.05, 0) is 74.7 Å². The molecule has 0 aliphatic carbocycles. The molecule has 0 amide bonds. The van der Waals surface area contributed by atoms with E-state index in [4.69, 9.17) is 0 Å². The van der Waals surface area contributed by atoms with Gasteiger partial charge in [-0.1, -0.05) is 24.3 Å². The number of piperidine rings is 2. The van der Waals surface area contributed by atoms with Crippen LogP contribution in [0, 0.1) is 5.92 Å². The minimum absolute atomic E-state index is 0.738. The van der Waals surface area contributed by atoms with E-state index >= 15 is 0 Å². The molecule has 1 aromatic rings. The Morgan fingerprint density at radius 3 is 2.68 bits per heavy atom. The van der Waals surface area contributed by atoms with Gasteiger partial charge in [0.1, 0.15) is 0 Å². The van der Waals surface area contributed by atoms with Crippen LogP contribution in [0.1, 0.15) is 42.7 Å². The summed E-state index contributed by atoms with van der Waals surface area (Å²) in [6.07, 6.45) is 6.63. The summed E-state index contributed by atoms with van der Waals surface area (Å²) < 4.78 is 0. The molecule has 2 saturated heterocycles. The third-order valence-corrected chi connectivity index (χ3v) is 4.70. The van der Waals surface area contributed by atoms with Gasteiger partial charge in [-0.15, -0.1) is 0 Å². The van der Waals surface area contributed by atoms with Crippen LogP contribution in [-0.4, -0.2) is 26.2 Å². The number of hydrogen-bond acceptors (Lipinski definition) is 2. The molecule has 1 unspecified atom stereocenters. The van der Waals surface area contributed by atoms with E-state index in [2.05, 4.69) is 34.9 Å². The molecule has 0 spiro atoms. The summed E-state index contributed by atoms with van der Waals surface area (Å²) in [5, 5.41) is 6.98. The molecule has 2 aliphatic heterocycles. The third-order valence-electron chi connectivity index (χ3n) is 4.70. The van der Waals surface area contributed by atoms with Crippen LogP contribution >= 0.6 is 0 Å². The molecule has 0 aromatic heterocycles. The van der Waals surface area contributed by atoms with E-state index in [0.29, 0.717) is 0 Å². The SMILES string of the molecule is c1cc(CC2CCNCC2)cc(C2CCCNC2)c1. The second kappa shape index (κ2) is 6.53. The van der Waals surface area contributed by atoms with Crippen molar-refractivity contribution in [2.24, 2.45) is 5.92 Å². The largest absolute Gasteiger partial charge is 0.317 e. The maximum atomic E-state index is 3.53. The summed E-state index contributed by atoms with van der Waals surface area (Å²) >= 11 is 0. The highest BCUT2D eigenvalue weighted by Gasteiger charge is 2.17. The van der Waals surface area contributed by atoms with Crippen LogP contribution in [0.2, 0.25) is 0 Å². The molecule has 19 heavy (non-hydrogen) atoms. The van der Waals surface area contributed by atoms with Gasteiger partial charge in [0.05, 0.1) is 0 Å². The molecule has 2 N–H and O–H groups in total. The van der Waals surface area contributed by atoms with Crippen LogP contribution in [0.15, 0.2) is 24.3 Å². The zero-order valence-electron chi connectivity index (χ0n) is 11.8. The predicted molar refractivity (Wildman–Crippen MR) is 80.6 cm³/mol. The van der Waals surface area contributed by atoms with Crippen LogP contribution in [-0.2, 0) is 6.42 Å². The number of rotatable bonds is 3. The van der Waals surface area contributed by atoms with Crippen LogP contribution in [0.3, 0.4) is 0 Å². The lowest BCUT2D eigenvalue weighted by Gasteiger charge is -2.25. The van der Waals surface area contributed by atoms with Crippen LogP contribution in [0.5, 0.6) is 0 Å². The summed E-state index contributed by atoms with van der Waals surface area (Å²) in [4.78, 5) is 0. The van der Waals surface area contributed by atoms with E-state index < -0.39 is 0 Å².